The predicted octanol–water partition coefficient (Wildman–Crippen LogP) is 4.03. The average molecular weight is 264 g/mol. The highest BCUT2D eigenvalue weighted by atomic mass is 32.2. The number of nitrogens with one attached hydrogen (secondary N) is 1. The van der Waals surface area contributed by atoms with Gasteiger partial charge in [0.15, 0.2) is 0 Å². The van der Waals surface area contributed by atoms with Crippen LogP contribution in [0.1, 0.15) is 33.4 Å². The Bertz CT molecular complexity index is 481. The molecular weight excluding hydrogens is 244 g/mol. The predicted molar refractivity (Wildman–Crippen MR) is 78.8 cm³/mol. The van der Waals surface area contributed by atoms with Gasteiger partial charge < -0.3 is 10.1 Å². The molecule has 18 heavy (non-hydrogen) atoms. The molecule has 98 valence electrons. The van der Waals surface area contributed by atoms with Crippen molar-refractivity contribution in [2.45, 2.75) is 38.2 Å². The molecule has 0 saturated carbocycles. The lowest BCUT2D eigenvalue weighted by Crippen LogP contribution is -2.35. The molecule has 1 N–H and O–H groups in total. The number of ether oxygens (including phenoxy) is 1. The third kappa shape index (κ3) is 3.35. The smallest absolute Gasteiger partial charge is 0.140 e. The number of hydrogen-bond acceptors (Lipinski definition) is 4. The van der Waals surface area contributed by atoms with Gasteiger partial charge in [-0.2, -0.15) is 0 Å². The van der Waals surface area contributed by atoms with E-state index in [2.05, 4.69) is 11.6 Å². The molecular formula is C14H20N2OS. The first-order valence-corrected chi connectivity index (χ1v) is 6.95. The van der Waals surface area contributed by atoms with Gasteiger partial charge in [0.05, 0.1) is 11.9 Å². The molecule has 3 nitrogen and oxygen atoms in total. The molecule has 0 saturated heterocycles. The van der Waals surface area contributed by atoms with Crippen molar-refractivity contribution in [3.8, 4) is 5.75 Å². The molecule has 0 bridgehead atoms. The summed E-state index contributed by atoms with van der Waals surface area (Å²) < 4.78 is 5.81. The van der Waals surface area contributed by atoms with Crippen molar-refractivity contribution in [1.82, 2.24) is 4.98 Å². The Morgan fingerprint density at radius 1 is 1.44 bits per heavy atom. The van der Waals surface area contributed by atoms with Gasteiger partial charge in [-0.25, -0.2) is 0 Å². The van der Waals surface area contributed by atoms with Crippen LogP contribution in [-0.2, 0) is 0 Å². The first kappa shape index (κ1) is 14.8. The van der Waals surface area contributed by atoms with Crippen molar-refractivity contribution in [2.24, 2.45) is 0 Å². The number of aromatic nitrogens is 1. The second-order valence-corrected chi connectivity index (χ2v) is 5.59. The zero-order valence-electron chi connectivity index (χ0n) is 11.6. The molecule has 0 fully saturated rings. The van der Waals surface area contributed by atoms with Gasteiger partial charge in [-0.3, -0.25) is 4.98 Å². The van der Waals surface area contributed by atoms with Gasteiger partial charge in [0.25, 0.3) is 0 Å². The van der Waals surface area contributed by atoms with Crippen molar-refractivity contribution in [1.29, 1.82) is 5.41 Å². The monoisotopic (exact) mass is 264 g/mol. The van der Waals surface area contributed by atoms with Gasteiger partial charge >= 0.3 is 0 Å². The molecule has 1 aromatic rings. The van der Waals surface area contributed by atoms with Gasteiger partial charge in [-0.1, -0.05) is 6.58 Å². The highest BCUT2D eigenvalue weighted by molar-refractivity contribution is 7.98. The van der Waals surface area contributed by atoms with Crippen molar-refractivity contribution < 1.29 is 4.74 Å². The summed E-state index contributed by atoms with van der Waals surface area (Å²) in [6.45, 7) is 11.3. The van der Waals surface area contributed by atoms with Gasteiger partial charge in [0, 0.05) is 10.6 Å². The van der Waals surface area contributed by atoms with Crippen LogP contribution in [0.5, 0.6) is 5.75 Å². The van der Waals surface area contributed by atoms with Crippen LogP contribution in [-0.4, -0.2) is 22.6 Å². The molecule has 1 aromatic heterocycles. The first-order chi connectivity index (χ1) is 8.27. The van der Waals surface area contributed by atoms with Gasteiger partial charge in [0.1, 0.15) is 11.4 Å². The van der Waals surface area contributed by atoms with Gasteiger partial charge in [-0.05, 0) is 45.6 Å². The Kier molecular flexibility index (Phi) is 4.57. The van der Waals surface area contributed by atoms with E-state index in [0.29, 0.717) is 11.5 Å². The SMILES string of the molecule is C=C(C)c1ncc(OC(C)(C)C(C)=N)cc1SC. The van der Waals surface area contributed by atoms with Crippen LogP contribution in [0.25, 0.3) is 5.57 Å². The van der Waals surface area contributed by atoms with E-state index in [1.807, 2.05) is 33.1 Å². The third-order valence-corrected chi connectivity index (χ3v) is 3.48. The molecule has 1 heterocycles. The minimum absolute atomic E-state index is 0.483. The summed E-state index contributed by atoms with van der Waals surface area (Å²) in [5.74, 6) is 0.681. The second kappa shape index (κ2) is 5.57. The molecule has 1 rings (SSSR count). The summed E-state index contributed by atoms with van der Waals surface area (Å²) in [7, 11) is 0. The summed E-state index contributed by atoms with van der Waals surface area (Å²) in [5, 5.41) is 7.69. The summed E-state index contributed by atoms with van der Waals surface area (Å²) in [5.41, 5.74) is 1.71. The lowest BCUT2D eigenvalue weighted by Gasteiger charge is -2.25. The number of nitrogens with zero attached hydrogens (tertiary/aromatic N) is 1. The van der Waals surface area contributed by atoms with Crippen LogP contribution < -0.4 is 4.74 Å². The highest BCUT2D eigenvalue weighted by Gasteiger charge is 2.23. The fourth-order valence-electron chi connectivity index (χ4n) is 1.33. The van der Waals surface area contributed by atoms with E-state index in [4.69, 9.17) is 10.1 Å². The Labute approximate surface area is 113 Å². The van der Waals surface area contributed by atoms with E-state index in [1.165, 1.54) is 0 Å². The summed E-state index contributed by atoms with van der Waals surface area (Å²) in [6, 6.07) is 1.95. The first-order valence-electron chi connectivity index (χ1n) is 5.72. The van der Waals surface area contributed by atoms with Crippen molar-refractivity contribution >= 4 is 23.0 Å². The molecule has 0 radical (unpaired) electrons. The number of rotatable bonds is 5. The van der Waals surface area contributed by atoms with Crippen LogP contribution >= 0.6 is 11.8 Å². The van der Waals surface area contributed by atoms with E-state index in [1.54, 1.807) is 24.9 Å². The van der Waals surface area contributed by atoms with E-state index in [9.17, 15) is 0 Å². The Morgan fingerprint density at radius 2 is 2.06 bits per heavy atom. The minimum Gasteiger partial charge on any atom is -0.480 e. The van der Waals surface area contributed by atoms with Crippen LogP contribution in [0.2, 0.25) is 0 Å². The molecule has 0 aliphatic carbocycles. The van der Waals surface area contributed by atoms with E-state index in [-0.39, 0.29) is 0 Å². The minimum atomic E-state index is -0.609. The van der Waals surface area contributed by atoms with Gasteiger partial charge in [0.2, 0.25) is 0 Å². The number of pyridine rings is 1. The summed E-state index contributed by atoms with van der Waals surface area (Å²) in [4.78, 5) is 5.42. The molecule has 0 aromatic carbocycles. The molecule has 0 atom stereocenters. The van der Waals surface area contributed by atoms with Crippen molar-refractivity contribution in [3.63, 3.8) is 0 Å². The van der Waals surface area contributed by atoms with Crippen LogP contribution in [0.3, 0.4) is 0 Å². The van der Waals surface area contributed by atoms with Crippen molar-refractivity contribution in [3.05, 3.63) is 24.5 Å². The fourth-order valence-corrected chi connectivity index (χ4v) is 1.98. The Hall–Kier alpha value is -1.29. The van der Waals surface area contributed by atoms with E-state index < -0.39 is 5.60 Å². The van der Waals surface area contributed by atoms with Gasteiger partial charge in [-0.15, -0.1) is 11.8 Å². The maximum atomic E-state index is 7.69. The number of hydrogen-bond donors (Lipinski definition) is 1. The Balaban J connectivity index is 3.07. The van der Waals surface area contributed by atoms with Crippen LogP contribution in [0.4, 0.5) is 0 Å². The normalized spacial score (nSPS) is 11.2. The standard InChI is InChI=1S/C14H20N2OS/c1-9(2)13-12(18-6)7-11(8-16-13)17-14(4,5)10(3)15/h7-8,15H,1H2,2-6H3. The maximum Gasteiger partial charge on any atom is 0.140 e. The number of allylic oxidation sites excluding steroid dienone is 1. The maximum absolute atomic E-state index is 7.69. The average Bonchev–Trinajstić information content (AvgIpc) is 2.27. The molecule has 0 aliphatic heterocycles. The third-order valence-electron chi connectivity index (χ3n) is 2.73. The quantitative estimate of drug-likeness (QED) is 0.645. The molecule has 0 amide bonds. The van der Waals surface area contributed by atoms with E-state index >= 15 is 0 Å². The zero-order chi connectivity index (χ0) is 13.9. The number of thioether (sulfide) groups is 1. The Morgan fingerprint density at radius 3 is 2.50 bits per heavy atom. The lowest BCUT2D eigenvalue weighted by molar-refractivity contribution is 0.179. The fraction of sp³-hybridized carbons (Fsp3) is 0.429. The largest absolute Gasteiger partial charge is 0.480 e. The van der Waals surface area contributed by atoms with Crippen molar-refractivity contribution in [2.75, 3.05) is 6.26 Å². The lowest BCUT2D eigenvalue weighted by atomic mass is 10.0. The highest BCUT2D eigenvalue weighted by Crippen LogP contribution is 2.29. The second-order valence-electron chi connectivity index (χ2n) is 4.74. The van der Waals surface area contributed by atoms with Crippen LogP contribution in [0.15, 0.2) is 23.7 Å². The van der Waals surface area contributed by atoms with Crippen LogP contribution in [0, 0.1) is 5.41 Å². The molecule has 0 spiro atoms. The summed E-state index contributed by atoms with van der Waals surface area (Å²) >= 11 is 1.62. The topological polar surface area (TPSA) is 46.0 Å². The molecule has 0 aliphatic rings. The zero-order valence-corrected chi connectivity index (χ0v) is 12.4. The molecule has 4 heteroatoms. The summed E-state index contributed by atoms with van der Waals surface area (Å²) in [6.07, 6.45) is 3.69. The van der Waals surface area contributed by atoms with E-state index in [0.717, 1.165) is 16.2 Å². The molecule has 0 unspecified atom stereocenters.